The molecule has 0 N–H and O–H groups in total. The van der Waals surface area contributed by atoms with Gasteiger partial charge in [-0.2, -0.15) is 0 Å². The monoisotopic (exact) mass is 371 g/mol. The normalized spacial score (nSPS) is 14.7. The molecule has 0 aliphatic carbocycles. The van der Waals surface area contributed by atoms with Gasteiger partial charge in [-0.05, 0) is 17.7 Å². The number of hydrogen-bond donors (Lipinski definition) is 0. The van der Waals surface area contributed by atoms with E-state index in [-0.39, 0.29) is 5.56 Å². The molecule has 0 bridgehead atoms. The van der Waals surface area contributed by atoms with Crippen molar-refractivity contribution in [3.05, 3.63) is 74.1 Å². The zero-order valence-corrected chi connectivity index (χ0v) is 14.4. The molecule has 0 atom stereocenters. The molecule has 0 spiro atoms. The highest BCUT2D eigenvalue weighted by molar-refractivity contribution is 5.95. The lowest BCUT2D eigenvalue weighted by Gasteiger charge is -2.34. The zero-order valence-electron chi connectivity index (χ0n) is 14.4. The van der Waals surface area contributed by atoms with Crippen molar-refractivity contribution < 1.29 is 14.6 Å². The van der Waals surface area contributed by atoms with E-state index in [1.54, 1.807) is 17.3 Å². The Kier molecular flexibility index (Phi) is 5.36. The number of aromatic nitrogens is 1. The third-order valence-corrected chi connectivity index (χ3v) is 4.39. The number of pyridine rings is 1. The van der Waals surface area contributed by atoms with Gasteiger partial charge in [0, 0.05) is 57.3 Å². The molecule has 1 aliphatic heterocycles. The van der Waals surface area contributed by atoms with Gasteiger partial charge in [0.1, 0.15) is 0 Å². The van der Waals surface area contributed by atoms with Crippen LogP contribution in [0.3, 0.4) is 0 Å². The molecular weight excluding hydrogens is 354 g/mol. The quantitative estimate of drug-likeness (QED) is 0.580. The smallest absolute Gasteiger partial charge is 0.277 e. The summed E-state index contributed by atoms with van der Waals surface area (Å²) in [6.45, 7) is 2.92. The molecular formula is C17H17N5O5. The van der Waals surface area contributed by atoms with Gasteiger partial charge in [0.25, 0.3) is 17.3 Å². The van der Waals surface area contributed by atoms with E-state index in [0.717, 1.165) is 30.3 Å². The summed E-state index contributed by atoms with van der Waals surface area (Å²) in [5.74, 6) is -0.439. The number of hydrogen-bond acceptors (Lipinski definition) is 7. The fourth-order valence-electron chi connectivity index (χ4n) is 2.97. The van der Waals surface area contributed by atoms with Crippen molar-refractivity contribution in [3.63, 3.8) is 0 Å². The first-order valence-electron chi connectivity index (χ1n) is 8.28. The van der Waals surface area contributed by atoms with Crippen LogP contribution in [0.5, 0.6) is 0 Å². The second-order valence-corrected chi connectivity index (χ2v) is 6.18. The van der Waals surface area contributed by atoms with Crippen molar-refractivity contribution in [1.82, 2.24) is 14.8 Å². The van der Waals surface area contributed by atoms with Crippen LogP contribution in [0, 0.1) is 20.2 Å². The lowest BCUT2D eigenvalue weighted by molar-refractivity contribution is -0.394. The van der Waals surface area contributed by atoms with Crippen LogP contribution in [0.1, 0.15) is 15.9 Å². The average molecular weight is 371 g/mol. The number of non-ortho nitro benzene ring substituents is 2. The van der Waals surface area contributed by atoms with Crippen molar-refractivity contribution in [2.75, 3.05) is 26.2 Å². The maximum Gasteiger partial charge on any atom is 0.277 e. The molecule has 1 aromatic heterocycles. The topological polar surface area (TPSA) is 123 Å². The molecule has 0 unspecified atom stereocenters. The molecule has 2 aromatic rings. The summed E-state index contributed by atoms with van der Waals surface area (Å²) < 4.78 is 0. The Balaban J connectivity index is 1.68. The Hall–Kier alpha value is -3.40. The Labute approximate surface area is 154 Å². The Morgan fingerprint density at radius 3 is 2.04 bits per heavy atom. The summed E-state index contributed by atoms with van der Waals surface area (Å²) in [7, 11) is 0. The molecule has 3 rings (SSSR count). The fraction of sp³-hybridized carbons (Fsp3) is 0.294. The number of rotatable bonds is 5. The van der Waals surface area contributed by atoms with E-state index in [1.807, 2.05) is 12.1 Å². The second kappa shape index (κ2) is 7.87. The fourth-order valence-corrected chi connectivity index (χ4v) is 2.97. The van der Waals surface area contributed by atoms with E-state index in [2.05, 4.69) is 9.88 Å². The summed E-state index contributed by atoms with van der Waals surface area (Å²) in [6, 6.07) is 6.88. The molecule has 140 valence electrons. The van der Waals surface area contributed by atoms with Crippen LogP contribution < -0.4 is 0 Å². The largest absolute Gasteiger partial charge is 0.336 e. The van der Waals surface area contributed by atoms with Crippen molar-refractivity contribution in [3.8, 4) is 0 Å². The molecule has 1 aromatic carbocycles. The number of benzene rings is 1. The average Bonchev–Trinajstić information content (AvgIpc) is 2.68. The van der Waals surface area contributed by atoms with Crippen LogP contribution in [0.25, 0.3) is 0 Å². The van der Waals surface area contributed by atoms with Crippen molar-refractivity contribution in [1.29, 1.82) is 0 Å². The Morgan fingerprint density at radius 1 is 0.963 bits per heavy atom. The number of nitrogens with zero attached hydrogens (tertiary/aromatic N) is 5. The van der Waals surface area contributed by atoms with Crippen LogP contribution in [-0.2, 0) is 6.54 Å². The van der Waals surface area contributed by atoms with Crippen LogP contribution in [0.4, 0.5) is 11.4 Å². The maximum absolute atomic E-state index is 12.7. The number of nitro groups is 2. The van der Waals surface area contributed by atoms with Gasteiger partial charge in [-0.25, -0.2) is 0 Å². The molecule has 2 heterocycles. The molecule has 1 aliphatic rings. The van der Waals surface area contributed by atoms with E-state index in [0.29, 0.717) is 26.2 Å². The number of carbonyl (C=O) groups excluding carboxylic acids is 1. The predicted molar refractivity (Wildman–Crippen MR) is 95.2 cm³/mol. The Morgan fingerprint density at radius 2 is 1.52 bits per heavy atom. The van der Waals surface area contributed by atoms with Gasteiger partial charge in [0.05, 0.1) is 21.5 Å². The van der Waals surface area contributed by atoms with Gasteiger partial charge >= 0.3 is 0 Å². The number of carbonyl (C=O) groups is 1. The van der Waals surface area contributed by atoms with Gasteiger partial charge in [0.2, 0.25) is 0 Å². The summed E-state index contributed by atoms with van der Waals surface area (Å²) in [4.78, 5) is 40.9. The van der Waals surface area contributed by atoms with E-state index >= 15 is 0 Å². The van der Waals surface area contributed by atoms with E-state index in [4.69, 9.17) is 0 Å². The van der Waals surface area contributed by atoms with Crippen molar-refractivity contribution in [2.45, 2.75) is 6.54 Å². The zero-order chi connectivity index (χ0) is 19.4. The molecule has 1 amide bonds. The summed E-state index contributed by atoms with van der Waals surface area (Å²) in [6.07, 6.45) is 3.45. The van der Waals surface area contributed by atoms with Crippen LogP contribution in [0.2, 0.25) is 0 Å². The summed E-state index contributed by atoms with van der Waals surface area (Å²) in [5, 5.41) is 22.0. The minimum Gasteiger partial charge on any atom is -0.336 e. The van der Waals surface area contributed by atoms with Gasteiger partial charge in [0.15, 0.2) is 0 Å². The third-order valence-electron chi connectivity index (χ3n) is 4.39. The highest BCUT2D eigenvalue weighted by Crippen LogP contribution is 2.24. The van der Waals surface area contributed by atoms with E-state index in [1.165, 1.54) is 0 Å². The molecule has 1 fully saturated rings. The van der Waals surface area contributed by atoms with Crippen LogP contribution >= 0.6 is 0 Å². The van der Waals surface area contributed by atoms with Crippen LogP contribution in [0.15, 0.2) is 42.7 Å². The molecule has 0 saturated carbocycles. The Bertz CT molecular complexity index is 833. The predicted octanol–water partition coefficient (Wildman–Crippen LogP) is 1.86. The first-order chi connectivity index (χ1) is 12.9. The first-order valence-corrected chi connectivity index (χ1v) is 8.28. The van der Waals surface area contributed by atoms with E-state index in [9.17, 15) is 25.0 Å². The maximum atomic E-state index is 12.7. The van der Waals surface area contributed by atoms with Crippen molar-refractivity contribution >= 4 is 17.3 Å². The summed E-state index contributed by atoms with van der Waals surface area (Å²) >= 11 is 0. The molecule has 27 heavy (non-hydrogen) atoms. The highest BCUT2D eigenvalue weighted by atomic mass is 16.6. The molecule has 0 radical (unpaired) electrons. The minimum atomic E-state index is -0.740. The first kappa shape index (κ1) is 18.4. The molecule has 10 nitrogen and oxygen atoms in total. The number of amides is 1. The van der Waals surface area contributed by atoms with Gasteiger partial charge < -0.3 is 4.90 Å². The number of piperazine rings is 1. The summed E-state index contributed by atoms with van der Waals surface area (Å²) in [5.41, 5.74) is 0.144. The van der Waals surface area contributed by atoms with Crippen LogP contribution in [-0.4, -0.2) is 56.7 Å². The highest BCUT2D eigenvalue weighted by Gasteiger charge is 2.26. The lowest BCUT2D eigenvalue weighted by Crippen LogP contribution is -2.48. The van der Waals surface area contributed by atoms with Gasteiger partial charge in [-0.3, -0.25) is 34.9 Å². The molecule has 1 saturated heterocycles. The van der Waals surface area contributed by atoms with E-state index < -0.39 is 27.1 Å². The number of nitro benzene ring substituents is 2. The minimum absolute atomic E-state index is 0.0431. The van der Waals surface area contributed by atoms with Crippen molar-refractivity contribution in [2.24, 2.45) is 0 Å². The lowest BCUT2D eigenvalue weighted by atomic mass is 10.1. The van der Waals surface area contributed by atoms with Gasteiger partial charge in [-0.1, -0.05) is 0 Å². The third kappa shape index (κ3) is 4.42. The second-order valence-electron chi connectivity index (χ2n) is 6.18. The standard InChI is InChI=1S/C17H17N5O5/c23-17(14-9-15(21(24)25)11-16(10-14)22(26)27)20-7-5-19(6-8-20)12-13-1-3-18-4-2-13/h1-4,9-11H,5-8,12H2. The van der Waals surface area contributed by atoms with Gasteiger partial charge in [-0.15, -0.1) is 0 Å². The SMILES string of the molecule is O=C(c1cc([N+](=O)[O-])cc([N+](=O)[O-])c1)N1CCN(Cc2ccncc2)CC1. The molecule has 10 heteroatoms.